The third-order valence-corrected chi connectivity index (χ3v) is 13.9. The van der Waals surface area contributed by atoms with Gasteiger partial charge in [0, 0.05) is 33.9 Å². The lowest BCUT2D eigenvalue weighted by Crippen LogP contribution is -2.11. The van der Waals surface area contributed by atoms with Gasteiger partial charge in [0.05, 0.1) is 11.4 Å². The first-order valence-electron chi connectivity index (χ1n) is 24.1. The molecule has 0 bridgehead atoms. The second kappa shape index (κ2) is 17.4. The number of fused-ring (bicyclic) bond motifs is 6. The lowest BCUT2D eigenvalue weighted by Gasteiger charge is -2.30. The number of nitrogens with zero attached hydrogens (tertiary/aromatic N) is 2. The van der Waals surface area contributed by atoms with E-state index in [0.717, 1.165) is 34.1 Å². The molecule has 70 heavy (non-hydrogen) atoms. The smallest absolute Gasteiger partial charge is 0.0540 e. The van der Waals surface area contributed by atoms with Crippen LogP contribution < -0.4 is 9.80 Å². The molecule has 0 N–H and O–H groups in total. The average Bonchev–Trinajstić information content (AvgIpc) is 3.44. The Balaban J connectivity index is 0.912. The Hall–Kier alpha value is -9.24. The SMILES string of the molecule is c1ccc(-c2ccc(N(c3ccccc3)c3ccc4cc5c(cc4c3)-c3cc4cc(N(c6ccccc6)c6ccc(-c7ccccc7)cc6-c6ccccc6)ccc4cc3-5)c(-c3ccccc3)c2)cc1. The van der Waals surface area contributed by atoms with Gasteiger partial charge >= 0.3 is 0 Å². The van der Waals surface area contributed by atoms with E-state index in [2.05, 4.69) is 289 Å². The van der Waals surface area contributed by atoms with Gasteiger partial charge in [-0.15, -0.1) is 0 Å². The molecule has 0 aromatic heterocycles. The van der Waals surface area contributed by atoms with Gasteiger partial charge in [-0.1, -0.05) is 182 Å². The molecule has 0 saturated carbocycles. The molecule has 12 aromatic carbocycles. The fourth-order valence-corrected chi connectivity index (χ4v) is 10.5. The summed E-state index contributed by atoms with van der Waals surface area (Å²) in [5.74, 6) is 0. The van der Waals surface area contributed by atoms with Crippen molar-refractivity contribution in [1.29, 1.82) is 0 Å². The van der Waals surface area contributed by atoms with Crippen molar-refractivity contribution in [3.05, 3.63) is 279 Å². The lowest BCUT2D eigenvalue weighted by atomic mass is 9.78. The Labute approximate surface area is 409 Å². The number of hydrogen-bond donors (Lipinski definition) is 0. The third-order valence-electron chi connectivity index (χ3n) is 13.9. The fraction of sp³-hybridized carbons (Fsp3) is 0. The van der Waals surface area contributed by atoms with Crippen LogP contribution in [0.4, 0.5) is 34.1 Å². The van der Waals surface area contributed by atoms with Crippen molar-refractivity contribution >= 4 is 55.7 Å². The number of para-hydroxylation sites is 2. The van der Waals surface area contributed by atoms with E-state index in [0.29, 0.717) is 0 Å². The van der Waals surface area contributed by atoms with Crippen LogP contribution in [0.5, 0.6) is 0 Å². The van der Waals surface area contributed by atoms with Gasteiger partial charge in [0.25, 0.3) is 0 Å². The Morgan fingerprint density at radius 3 is 0.843 bits per heavy atom. The summed E-state index contributed by atoms with van der Waals surface area (Å²) in [7, 11) is 0. The molecular formula is C68H46N2. The van der Waals surface area contributed by atoms with Crippen molar-refractivity contribution in [2.24, 2.45) is 0 Å². The molecule has 12 aromatic rings. The molecule has 2 heteroatoms. The zero-order valence-corrected chi connectivity index (χ0v) is 38.5. The van der Waals surface area contributed by atoms with Crippen LogP contribution in [0.25, 0.3) is 88.3 Å². The highest BCUT2D eigenvalue weighted by atomic mass is 15.1. The number of hydrogen-bond acceptors (Lipinski definition) is 2. The minimum atomic E-state index is 1.11. The van der Waals surface area contributed by atoms with Gasteiger partial charge in [-0.2, -0.15) is 0 Å². The lowest BCUT2D eigenvalue weighted by molar-refractivity contribution is 1.29. The van der Waals surface area contributed by atoms with Crippen molar-refractivity contribution in [2.45, 2.75) is 0 Å². The summed E-state index contributed by atoms with van der Waals surface area (Å²) < 4.78 is 0. The van der Waals surface area contributed by atoms with Crippen molar-refractivity contribution in [1.82, 2.24) is 0 Å². The Morgan fingerprint density at radius 1 is 0.171 bits per heavy atom. The van der Waals surface area contributed by atoms with E-state index in [1.54, 1.807) is 0 Å². The minimum Gasteiger partial charge on any atom is -0.310 e. The van der Waals surface area contributed by atoms with Crippen LogP contribution in [0.15, 0.2) is 279 Å². The van der Waals surface area contributed by atoms with Crippen LogP contribution in [0, 0.1) is 0 Å². The molecule has 2 nitrogen and oxygen atoms in total. The first-order valence-corrected chi connectivity index (χ1v) is 24.1. The number of anilines is 6. The molecule has 0 saturated heterocycles. The normalized spacial score (nSPS) is 11.4. The Morgan fingerprint density at radius 2 is 0.486 bits per heavy atom. The maximum atomic E-state index is 2.41. The monoisotopic (exact) mass is 890 g/mol. The highest BCUT2D eigenvalue weighted by molar-refractivity contribution is 6.13. The van der Waals surface area contributed by atoms with Crippen LogP contribution in [-0.4, -0.2) is 0 Å². The summed E-state index contributed by atoms with van der Waals surface area (Å²) in [4.78, 5) is 4.82. The van der Waals surface area contributed by atoms with E-state index in [-0.39, 0.29) is 0 Å². The van der Waals surface area contributed by atoms with Crippen LogP contribution in [0.2, 0.25) is 0 Å². The second-order valence-electron chi connectivity index (χ2n) is 18.1. The van der Waals surface area contributed by atoms with Crippen LogP contribution in [0.1, 0.15) is 0 Å². The molecule has 1 aliphatic carbocycles. The standard InChI is InChI=1S/C68H46N2/c1-7-19-47(20-8-1)51-33-37-67(61(41-51)49-23-11-3-12-24-49)69(57-27-15-5-16-28-57)59-35-31-53-43-63-64-44-54-32-36-60(40-56(54)46-66(64)65(63)45-55(53)39-59)70(58-29-17-6-18-30-58)68-38-34-52(48-21-9-2-10-22-48)42-62(68)50-25-13-4-14-26-50/h1-46H. The Bertz CT molecular complexity index is 3600. The van der Waals surface area contributed by atoms with Gasteiger partial charge < -0.3 is 9.80 Å². The molecular weight excluding hydrogens is 845 g/mol. The predicted molar refractivity (Wildman–Crippen MR) is 297 cm³/mol. The molecule has 0 atom stereocenters. The number of benzene rings is 12. The van der Waals surface area contributed by atoms with E-state index >= 15 is 0 Å². The molecule has 0 heterocycles. The zero-order chi connectivity index (χ0) is 46.4. The van der Waals surface area contributed by atoms with Crippen LogP contribution >= 0.6 is 0 Å². The molecule has 0 unspecified atom stereocenters. The highest BCUT2D eigenvalue weighted by Crippen LogP contribution is 2.52. The first-order chi connectivity index (χ1) is 34.7. The number of rotatable bonds is 10. The van der Waals surface area contributed by atoms with Gasteiger partial charge in [0.1, 0.15) is 0 Å². The molecule has 328 valence electrons. The summed E-state index contributed by atoms with van der Waals surface area (Å²) in [6.07, 6.45) is 0. The first kappa shape index (κ1) is 41.0. The molecule has 0 radical (unpaired) electrons. The summed E-state index contributed by atoms with van der Waals surface area (Å²) in [6.45, 7) is 0. The zero-order valence-electron chi connectivity index (χ0n) is 38.5. The third kappa shape index (κ3) is 7.40. The summed E-state index contributed by atoms with van der Waals surface area (Å²) in [6, 6.07) is 102. The molecule has 0 amide bonds. The largest absolute Gasteiger partial charge is 0.310 e. The summed E-state index contributed by atoms with van der Waals surface area (Å²) >= 11 is 0. The van der Waals surface area contributed by atoms with E-state index in [1.165, 1.54) is 88.3 Å². The van der Waals surface area contributed by atoms with Gasteiger partial charge in [-0.25, -0.2) is 0 Å². The van der Waals surface area contributed by atoms with Gasteiger partial charge in [0.15, 0.2) is 0 Å². The average molecular weight is 891 g/mol. The summed E-state index contributed by atoms with van der Waals surface area (Å²) in [5.41, 5.74) is 21.4. The topological polar surface area (TPSA) is 6.48 Å². The van der Waals surface area contributed by atoms with Crippen LogP contribution in [-0.2, 0) is 0 Å². The van der Waals surface area contributed by atoms with Crippen molar-refractivity contribution in [2.75, 3.05) is 9.80 Å². The maximum absolute atomic E-state index is 2.41. The second-order valence-corrected chi connectivity index (χ2v) is 18.1. The van der Waals surface area contributed by atoms with Crippen molar-refractivity contribution < 1.29 is 0 Å². The molecule has 0 spiro atoms. The minimum absolute atomic E-state index is 1.11. The Kier molecular flexibility index (Phi) is 10.2. The van der Waals surface area contributed by atoms with Gasteiger partial charge in [0.2, 0.25) is 0 Å². The fourth-order valence-electron chi connectivity index (χ4n) is 10.5. The molecule has 13 rings (SSSR count). The predicted octanol–water partition coefficient (Wildman–Crippen LogP) is 19.2. The van der Waals surface area contributed by atoms with Gasteiger partial charge in [-0.3, -0.25) is 0 Å². The van der Waals surface area contributed by atoms with E-state index in [9.17, 15) is 0 Å². The van der Waals surface area contributed by atoms with Crippen molar-refractivity contribution in [3.63, 3.8) is 0 Å². The van der Waals surface area contributed by atoms with Crippen LogP contribution in [0.3, 0.4) is 0 Å². The van der Waals surface area contributed by atoms with Crippen molar-refractivity contribution in [3.8, 4) is 66.8 Å². The molecule has 0 fully saturated rings. The maximum Gasteiger partial charge on any atom is 0.0540 e. The van der Waals surface area contributed by atoms with E-state index in [1.807, 2.05) is 0 Å². The molecule has 1 aliphatic rings. The van der Waals surface area contributed by atoms with E-state index in [4.69, 9.17) is 0 Å². The summed E-state index contributed by atoms with van der Waals surface area (Å²) in [5, 5.41) is 4.87. The quantitative estimate of drug-likeness (QED) is 0.135. The van der Waals surface area contributed by atoms with Gasteiger partial charge in [-0.05, 0) is 174 Å². The highest BCUT2D eigenvalue weighted by Gasteiger charge is 2.26. The van der Waals surface area contributed by atoms with E-state index < -0.39 is 0 Å². The molecule has 0 aliphatic heterocycles.